The van der Waals surface area contributed by atoms with Crippen molar-refractivity contribution in [3.8, 4) is 0 Å². The number of nitrogens with zero attached hydrogens (tertiary/aromatic N) is 1. The molecule has 1 N–H and O–H groups in total. The Hall–Kier alpha value is -0.890. The van der Waals surface area contributed by atoms with Crippen LogP contribution in [0.3, 0.4) is 0 Å². The first-order chi connectivity index (χ1) is 9.79. The summed E-state index contributed by atoms with van der Waals surface area (Å²) in [7, 11) is 0. The maximum atomic E-state index is 4.46. The number of pyridine rings is 1. The summed E-state index contributed by atoms with van der Waals surface area (Å²) in [6.07, 6.45) is 11.1. The Kier molecular flexibility index (Phi) is 6.52. The van der Waals surface area contributed by atoms with Crippen LogP contribution in [0.15, 0.2) is 24.4 Å². The van der Waals surface area contributed by atoms with Gasteiger partial charge in [-0.25, -0.2) is 0 Å². The molecule has 0 spiro atoms. The molecule has 1 aromatic rings. The molecule has 0 amide bonds. The van der Waals surface area contributed by atoms with Crippen molar-refractivity contribution in [1.29, 1.82) is 0 Å². The molecule has 2 nitrogen and oxygen atoms in total. The molecule has 2 rings (SSSR count). The number of hydrogen-bond acceptors (Lipinski definition) is 2. The van der Waals surface area contributed by atoms with Gasteiger partial charge in [-0.1, -0.05) is 32.8 Å². The van der Waals surface area contributed by atoms with Gasteiger partial charge in [0.15, 0.2) is 0 Å². The largest absolute Gasteiger partial charge is 0.314 e. The van der Waals surface area contributed by atoms with Crippen molar-refractivity contribution in [2.24, 2.45) is 11.8 Å². The fourth-order valence-corrected chi connectivity index (χ4v) is 3.53. The third-order valence-corrected chi connectivity index (χ3v) is 4.64. The molecule has 3 atom stereocenters. The normalized spacial score (nSPS) is 24.5. The number of nitrogens with one attached hydrogen (secondary N) is 1. The zero-order valence-electron chi connectivity index (χ0n) is 13.1. The van der Waals surface area contributed by atoms with Crippen LogP contribution in [-0.2, 0) is 6.42 Å². The van der Waals surface area contributed by atoms with Crippen LogP contribution < -0.4 is 5.32 Å². The van der Waals surface area contributed by atoms with Gasteiger partial charge in [0.1, 0.15) is 0 Å². The number of aryl methyl sites for hydroxylation is 1. The molecular formula is C18H30N2. The monoisotopic (exact) mass is 274 g/mol. The quantitative estimate of drug-likeness (QED) is 0.805. The molecule has 3 unspecified atom stereocenters. The number of hydrogen-bond donors (Lipinski definition) is 1. The molecule has 20 heavy (non-hydrogen) atoms. The van der Waals surface area contributed by atoms with Gasteiger partial charge in [-0.2, -0.15) is 0 Å². The van der Waals surface area contributed by atoms with Gasteiger partial charge < -0.3 is 5.32 Å². The highest BCUT2D eigenvalue weighted by Gasteiger charge is 2.26. The van der Waals surface area contributed by atoms with Gasteiger partial charge in [0.2, 0.25) is 0 Å². The average Bonchev–Trinajstić information content (AvgIpc) is 2.48. The fraction of sp³-hybridized carbons (Fsp3) is 0.722. The standard InChI is InChI=1S/C18H30N2/c1-3-12-20-18(16-8-6-7-15(2)14-16)11-10-17-9-4-5-13-19-17/h4-5,9,13,15-16,18,20H,3,6-8,10-12,14H2,1-2H3. The SMILES string of the molecule is CCCNC(CCc1ccccn1)C1CCCC(C)C1. The van der Waals surface area contributed by atoms with Crippen LogP contribution in [0, 0.1) is 11.8 Å². The molecule has 1 fully saturated rings. The van der Waals surface area contributed by atoms with E-state index in [1.165, 1.54) is 44.2 Å². The van der Waals surface area contributed by atoms with E-state index in [1.807, 2.05) is 12.3 Å². The van der Waals surface area contributed by atoms with Crippen LogP contribution in [0.4, 0.5) is 0 Å². The van der Waals surface area contributed by atoms with Crippen LogP contribution >= 0.6 is 0 Å². The Morgan fingerprint density at radius 3 is 2.95 bits per heavy atom. The molecular weight excluding hydrogens is 244 g/mol. The highest BCUT2D eigenvalue weighted by Crippen LogP contribution is 2.32. The first-order valence-corrected chi connectivity index (χ1v) is 8.43. The molecule has 1 heterocycles. The van der Waals surface area contributed by atoms with Crippen molar-refractivity contribution in [2.75, 3.05) is 6.54 Å². The predicted octanol–water partition coefficient (Wildman–Crippen LogP) is 4.21. The van der Waals surface area contributed by atoms with Gasteiger partial charge in [-0.05, 0) is 62.6 Å². The zero-order valence-corrected chi connectivity index (χ0v) is 13.1. The van der Waals surface area contributed by atoms with Crippen molar-refractivity contribution >= 4 is 0 Å². The average molecular weight is 274 g/mol. The van der Waals surface area contributed by atoms with Crippen LogP contribution in [0.2, 0.25) is 0 Å². The summed E-state index contributed by atoms with van der Waals surface area (Å²) in [6.45, 7) is 5.83. The Labute approximate surface area is 124 Å². The minimum absolute atomic E-state index is 0.680. The van der Waals surface area contributed by atoms with Crippen molar-refractivity contribution in [3.63, 3.8) is 0 Å². The summed E-state index contributed by atoms with van der Waals surface area (Å²) >= 11 is 0. The second kappa shape index (κ2) is 8.41. The lowest BCUT2D eigenvalue weighted by atomic mass is 9.77. The summed E-state index contributed by atoms with van der Waals surface area (Å²) in [6, 6.07) is 6.93. The summed E-state index contributed by atoms with van der Waals surface area (Å²) in [5, 5.41) is 3.80. The maximum Gasteiger partial charge on any atom is 0.0404 e. The van der Waals surface area contributed by atoms with Gasteiger partial charge in [0, 0.05) is 17.9 Å². The Morgan fingerprint density at radius 2 is 2.25 bits per heavy atom. The Balaban J connectivity index is 1.89. The van der Waals surface area contributed by atoms with Gasteiger partial charge in [-0.3, -0.25) is 4.98 Å². The molecule has 112 valence electrons. The van der Waals surface area contributed by atoms with Gasteiger partial charge in [0.05, 0.1) is 0 Å². The Bertz CT molecular complexity index is 363. The first kappa shape index (κ1) is 15.5. The number of aromatic nitrogens is 1. The maximum absolute atomic E-state index is 4.46. The molecule has 0 aliphatic heterocycles. The van der Waals surface area contributed by atoms with Gasteiger partial charge in [0.25, 0.3) is 0 Å². The molecule has 2 heteroatoms. The Morgan fingerprint density at radius 1 is 1.35 bits per heavy atom. The molecule has 1 aliphatic carbocycles. The third-order valence-electron chi connectivity index (χ3n) is 4.64. The smallest absolute Gasteiger partial charge is 0.0404 e. The molecule has 0 saturated heterocycles. The van der Waals surface area contributed by atoms with E-state index in [0.29, 0.717) is 6.04 Å². The first-order valence-electron chi connectivity index (χ1n) is 8.43. The second-order valence-corrected chi connectivity index (χ2v) is 6.45. The topological polar surface area (TPSA) is 24.9 Å². The van der Waals surface area contributed by atoms with Crippen molar-refractivity contribution in [3.05, 3.63) is 30.1 Å². The van der Waals surface area contributed by atoms with Gasteiger partial charge >= 0.3 is 0 Å². The van der Waals surface area contributed by atoms with Crippen molar-refractivity contribution < 1.29 is 0 Å². The third kappa shape index (κ3) is 4.90. The van der Waals surface area contributed by atoms with E-state index in [0.717, 1.165) is 24.8 Å². The lowest BCUT2D eigenvalue weighted by Crippen LogP contribution is -2.39. The summed E-state index contributed by atoms with van der Waals surface area (Å²) in [5.41, 5.74) is 1.24. The molecule has 1 saturated carbocycles. The highest BCUT2D eigenvalue weighted by molar-refractivity contribution is 5.04. The highest BCUT2D eigenvalue weighted by atomic mass is 14.9. The summed E-state index contributed by atoms with van der Waals surface area (Å²) in [4.78, 5) is 4.46. The molecule has 0 aromatic carbocycles. The van der Waals surface area contributed by atoms with E-state index >= 15 is 0 Å². The van der Waals surface area contributed by atoms with E-state index in [9.17, 15) is 0 Å². The van der Waals surface area contributed by atoms with E-state index < -0.39 is 0 Å². The zero-order chi connectivity index (χ0) is 14.2. The fourth-order valence-electron chi connectivity index (χ4n) is 3.53. The predicted molar refractivity (Wildman–Crippen MR) is 85.8 cm³/mol. The van der Waals surface area contributed by atoms with Crippen molar-refractivity contribution in [1.82, 2.24) is 10.3 Å². The number of rotatable bonds is 7. The minimum Gasteiger partial charge on any atom is -0.314 e. The van der Waals surface area contributed by atoms with E-state index in [4.69, 9.17) is 0 Å². The van der Waals surface area contributed by atoms with Gasteiger partial charge in [-0.15, -0.1) is 0 Å². The lowest BCUT2D eigenvalue weighted by molar-refractivity contribution is 0.215. The van der Waals surface area contributed by atoms with E-state index in [-0.39, 0.29) is 0 Å². The minimum atomic E-state index is 0.680. The van der Waals surface area contributed by atoms with E-state index in [2.05, 4.69) is 36.3 Å². The molecule has 1 aliphatic rings. The molecule has 0 bridgehead atoms. The molecule has 1 aromatic heterocycles. The van der Waals surface area contributed by atoms with Crippen molar-refractivity contribution in [2.45, 2.75) is 64.8 Å². The van der Waals surface area contributed by atoms with Crippen LogP contribution in [-0.4, -0.2) is 17.6 Å². The summed E-state index contributed by atoms with van der Waals surface area (Å²) < 4.78 is 0. The van der Waals surface area contributed by atoms with Crippen LogP contribution in [0.25, 0.3) is 0 Å². The van der Waals surface area contributed by atoms with E-state index in [1.54, 1.807) is 0 Å². The van der Waals surface area contributed by atoms with Crippen LogP contribution in [0.1, 0.15) is 58.1 Å². The second-order valence-electron chi connectivity index (χ2n) is 6.45. The van der Waals surface area contributed by atoms with Crippen LogP contribution in [0.5, 0.6) is 0 Å². The summed E-state index contributed by atoms with van der Waals surface area (Å²) in [5.74, 6) is 1.78. The lowest BCUT2D eigenvalue weighted by Gasteiger charge is -2.34. The molecule has 0 radical (unpaired) electrons.